The van der Waals surface area contributed by atoms with Gasteiger partial charge in [0.2, 0.25) is 15.9 Å². The van der Waals surface area contributed by atoms with Crippen LogP contribution in [-0.4, -0.2) is 45.9 Å². The molecule has 180 valence electrons. The number of hydrogen-bond donors (Lipinski definition) is 1. The van der Waals surface area contributed by atoms with Gasteiger partial charge in [-0.2, -0.15) is 0 Å². The summed E-state index contributed by atoms with van der Waals surface area (Å²) < 4.78 is 37.9. The quantitative estimate of drug-likeness (QED) is 0.563. The molecular weight excluding hydrogens is 487 g/mol. The average molecular weight is 515 g/mol. The molecule has 1 fully saturated rings. The van der Waals surface area contributed by atoms with Gasteiger partial charge in [-0.25, -0.2) is 12.7 Å². The summed E-state index contributed by atoms with van der Waals surface area (Å²) in [5.74, 6) is 0.753. The minimum atomic E-state index is -3.56. The molecule has 1 N–H and O–H groups in total. The van der Waals surface area contributed by atoms with Gasteiger partial charge in [-0.05, 0) is 55.7 Å². The molecule has 1 aliphatic heterocycles. The first kappa shape index (κ1) is 25.6. The zero-order valence-electron chi connectivity index (χ0n) is 18.8. The number of nitrogens with one attached hydrogen (secondary N) is 1. The molecule has 33 heavy (non-hydrogen) atoms. The number of carbonyl (C=O) groups is 1. The van der Waals surface area contributed by atoms with E-state index in [9.17, 15) is 13.2 Å². The maximum absolute atomic E-state index is 12.9. The summed E-state index contributed by atoms with van der Waals surface area (Å²) in [6.45, 7) is 2.44. The highest BCUT2D eigenvalue weighted by atomic mass is 35.5. The van der Waals surface area contributed by atoms with Crippen molar-refractivity contribution in [3.05, 3.63) is 57.6 Å². The first-order valence-corrected chi connectivity index (χ1v) is 12.9. The van der Waals surface area contributed by atoms with Crippen molar-refractivity contribution >= 4 is 39.1 Å². The Balaban J connectivity index is 1.59. The van der Waals surface area contributed by atoms with E-state index < -0.39 is 10.0 Å². The summed E-state index contributed by atoms with van der Waals surface area (Å²) in [5.41, 5.74) is 1.31. The van der Waals surface area contributed by atoms with Gasteiger partial charge in [0.25, 0.3) is 0 Å². The van der Waals surface area contributed by atoms with Gasteiger partial charge < -0.3 is 14.8 Å². The minimum absolute atomic E-state index is 0.106. The Labute approximate surface area is 205 Å². The van der Waals surface area contributed by atoms with Crippen molar-refractivity contribution in [2.24, 2.45) is 5.92 Å². The van der Waals surface area contributed by atoms with Crippen molar-refractivity contribution in [3.63, 3.8) is 0 Å². The maximum Gasteiger partial charge on any atom is 0.223 e. The van der Waals surface area contributed by atoms with E-state index >= 15 is 0 Å². The lowest BCUT2D eigenvalue weighted by Gasteiger charge is -2.31. The van der Waals surface area contributed by atoms with Crippen LogP contribution >= 0.6 is 23.2 Å². The lowest BCUT2D eigenvalue weighted by molar-refractivity contribution is -0.126. The summed E-state index contributed by atoms with van der Waals surface area (Å²) >= 11 is 12.0. The highest BCUT2D eigenvalue weighted by Crippen LogP contribution is 2.30. The molecule has 1 amide bonds. The summed E-state index contributed by atoms with van der Waals surface area (Å²) in [6, 6.07) is 9.90. The molecule has 1 aliphatic rings. The SMILES string of the molecule is COc1ccc(OC)c([C@@H](C)NC(=O)C2CCN(S(=O)(=O)Cc3ccc(Cl)cc3Cl)CC2)c1. The number of ether oxygens (including phenoxy) is 2. The first-order chi connectivity index (χ1) is 15.6. The zero-order valence-corrected chi connectivity index (χ0v) is 21.1. The number of sulfonamides is 1. The Morgan fingerprint density at radius 3 is 2.42 bits per heavy atom. The maximum atomic E-state index is 12.9. The van der Waals surface area contributed by atoms with Crippen LogP contribution in [0.1, 0.15) is 36.9 Å². The third-order valence-electron chi connectivity index (χ3n) is 5.83. The van der Waals surface area contributed by atoms with E-state index in [1.54, 1.807) is 38.5 Å². The van der Waals surface area contributed by atoms with Crippen LogP contribution in [0.25, 0.3) is 0 Å². The minimum Gasteiger partial charge on any atom is -0.497 e. The number of amides is 1. The van der Waals surface area contributed by atoms with Crippen molar-refractivity contribution in [1.29, 1.82) is 0 Å². The number of nitrogens with zero attached hydrogens (tertiary/aromatic N) is 1. The van der Waals surface area contributed by atoms with Gasteiger partial charge >= 0.3 is 0 Å². The number of carbonyl (C=O) groups excluding carboxylic acids is 1. The van der Waals surface area contributed by atoms with Gasteiger partial charge in [0.05, 0.1) is 26.0 Å². The fourth-order valence-electron chi connectivity index (χ4n) is 3.91. The number of piperidine rings is 1. The third-order valence-corrected chi connectivity index (χ3v) is 8.25. The molecule has 0 unspecified atom stereocenters. The van der Waals surface area contributed by atoms with Gasteiger partial charge in [0.15, 0.2) is 0 Å². The van der Waals surface area contributed by atoms with Crippen molar-refractivity contribution in [1.82, 2.24) is 9.62 Å². The second-order valence-corrected chi connectivity index (χ2v) is 10.8. The van der Waals surface area contributed by atoms with E-state index in [1.807, 2.05) is 13.0 Å². The Morgan fingerprint density at radius 2 is 1.82 bits per heavy atom. The predicted molar refractivity (Wildman–Crippen MR) is 129 cm³/mol. The molecule has 0 bridgehead atoms. The van der Waals surface area contributed by atoms with E-state index in [-0.39, 0.29) is 36.7 Å². The van der Waals surface area contributed by atoms with E-state index in [4.69, 9.17) is 32.7 Å². The summed E-state index contributed by atoms with van der Waals surface area (Å²) in [5, 5.41) is 3.80. The topological polar surface area (TPSA) is 84.9 Å². The molecule has 10 heteroatoms. The third kappa shape index (κ3) is 6.32. The van der Waals surface area contributed by atoms with Crippen LogP contribution in [-0.2, 0) is 20.6 Å². The molecule has 2 aromatic rings. The Hall–Kier alpha value is -2.00. The highest BCUT2D eigenvalue weighted by molar-refractivity contribution is 7.88. The Bertz CT molecular complexity index is 1100. The van der Waals surface area contributed by atoms with E-state index in [0.717, 1.165) is 5.56 Å². The van der Waals surface area contributed by atoms with E-state index in [1.165, 1.54) is 10.4 Å². The molecule has 0 aromatic heterocycles. The molecule has 2 aromatic carbocycles. The van der Waals surface area contributed by atoms with Gasteiger partial charge in [0, 0.05) is 34.6 Å². The lowest BCUT2D eigenvalue weighted by Crippen LogP contribution is -2.43. The largest absolute Gasteiger partial charge is 0.497 e. The van der Waals surface area contributed by atoms with Crippen LogP contribution in [0.5, 0.6) is 11.5 Å². The standard InChI is InChI=1S/C23H28Cl2N2O5S/c1-15(20-13-19(31-2)6-7-22(20)32-3)26-23(28)16-8-10-27(11-9-16)33(29,30)14-17-4-5-18(24)12-21(17)25/h4-7,12-13,15-16H,8-11,14H2,1-3H3,(H,26,28)/t15-/m1/s1. The molecule has 1 heterocycles. The molecule has 3 rings (SSSR count). The zero-order chi connectivity index (χ0) is 24.2. The number of hydrogen-bond acceptors (Lipinski definition) is 5. The van der Waals surface area contributed by atoms with Crippen molar-refractivity contribution in [2.45, 2.75) is 31.6 Å². The van der Waals surface area contributed by atoms with E-state index in [2.05, 4.69) is 5.32 Å². The van der Waals surface area contributed by atoms with E-state index in [0.29, 0.717) is 39.9 Å². The monoisotopic (exact) mass is 514 g/mol. The molecular formula is C23H28Cl2N2O5S. The number of rotatable bonds is 8. The molecule has 0 spiro atoms. The fraction of sp³-hybridized carbons (Fsp3) is 0.435. The Morgan fingerprint density at radius 1 is 1.12 bits per heavy atom. The second-order valence-electron chi connectivity index (χ2n) is 8.00. The van der Waals surface area contributed by atoms with Gasteiger partial charge in [-0.1, -0.05) is 29.3 Å². The van der Waals surface area contributed by atoms with Crippen molar-refractivity contribution in [3.8, 4) is 11.5 Å². The lowest BCUT2D eigenvalue weighted by atomic mass is 9.96. The molecule has 0 radical (unpaired) electrons. The molecule has 1 saturated heterocycles. The molecule has 7 nitrogen and oxygen atoms in total. The Kier molecular flexibility index (Phi) is 8.50. The molecule has 0 saturated carbocycles. The predicted octanol–water partition coefficient (Wildman–Crippen LogP) is 4.43. The van der Waals surface area contributed by atoms with Crippen molar-refractivity contribution < 1.29 is 22.7 Å². The van der Waals surface area contributed by atoms with Crippen molar-refractivity contribution in [2.75, 3.05) is 27.3 Å². The summed E-state index contributed by atoms with van der Waals surface area (Å²) in [7, 11) is -0.402. The van der Waals surface area contributed by atoms with Crippen LogP contribution in [0.2, 0.25) is 10.0 Å². The summed E-state index contributed by atoms with van der Waals surface area (Å²) in [6.07, 6.45) is 0.892. The normalized spacial score (nSPS) is 16.3. The smallest absolute Gasteiger partial charge is 0.223 e. The summed E-state index contributed by atoms with van der Waals surface area (Å²) in [4.78, 5) is 12.9. The first-order valence-electron chi connectivity index (χ1n) is 10.6. The number of halogens is 2. The number of benzene rings is 2. The fourth-order valence-corrected chi connectivity index (χ4v) is 6.06. The van der Waals surface area contributed by atoms with Crippen LogP contribution in [0, 0.1) is 5.92 Å². The van der Waals surface area contributed by atoms with Gasteiger partial charge in [-0.15, -0.1) is 0 Å². The highest BCUT2D eigenvalue weighted by Gasteiger charge is 2.32. The number of methoxy groups -OCH3 is 2. The van der Waals surface area contributed by atoms with Crippen LogP contribution in [0.4, 0.5) is 0 Å². The van der Waals surface area contributed by atoms with Gasteiger partial charge in [-0.3, -0.25) is 4.79 Å². The molecule has 1 atom stereocenters. The van der Waals surface area contributed by atoms with Crippen LogP contribution in [0.15, 0.2) is 36.4 Å². The molecule has 0 aliphatic carbocycles. The van der Waals surface area contributed by atoms with Gasteiger partial charge in [0.1, 0.15) is 11.5 Å². The average Bonchev–Trinajstić information content (AvgIpc) is 2.80. The van der Waals surface area contributed by atoms with Crippen LogP contribution in [0.3, 0.4) is 0 Å². The van der Waals surface area contributed by atoms with Crippen LogP contribution < -0.4 is 14.8 Å². The second kappa shape index (κ2) is 11.0.